The lowest BCUT2D eigenvalue weighted by molar-refractivity contribution is 0.182. The van der Waals surface area contributed by atoms with Crippen molar-refractivity contribution in [3.8, 4) is 0 Å². The highest BCUT2D eigenvalue weighted by molar-refractivity contribution is 7.89. The van der Waals surface area contributed by atoms with Crippen molar-refractivity contribution in [3.63, 3.8) is 0 Å². The first-order valence-corrected chi connectivity index (χ1v) is 9.18. The molecule has 0 radical (unpaired) electrons. The standard InChI is InChI=1S/C13H25N3O2S/c17-19(18,11-13-2-1-5-14-13)16-8-6-15(7-9-16)10-12-3-4-12/h12-14H,1-11H2. The Kier molecular flexibility index (Phi) is 4.12. The van der Waals surface area contributed by atoms with Crippen molar-refractivity contribution in [3.05, 3.63) is 0 Å². The minimum Gasteiger partial charge on any atom is -0.313 e. The van der Waals surface area contributed by atoms with E-state index in [1.165, 1.54) is 19.4 Å². The van der Waals surface area contributed by atoms with Crippen LogP contribution in [0.4, 0.5) is 0 Å². The average molecular weight is 287 g/mol. The van der Waals surface area contributed by atoms with E-state index in [4.69, 9.17) is 0 Å². The molecule has 5 nitrogen and oxygen atoms in total. The molecule has 2 heterocycles. The fourth-order valence-electron chi connectivity index (χ4n) is 3.11. The third-order valence-electron chi connectivity index (χ3n) is 4.51. The average Bonchev–Trinajstić information content (AvgIpc) is 3.05. The zero-order chi connectivity index (χ0) is 13.3. The highest BCUT2D eigenvalue weighted by Gasteiger charge is 2.32. The molecule has 3 aliphatic rings. The third kappa shape index (κ3) is 3.68. The van der Waals surface area contributed by atoms with Crippen LogP contribution in [-0.2, 0) is 10.0 Å². The Balaban J connectivity index is 1.48. The number of rotatable bonds is 5. The molecule has 3 rings (SSSR count). The van der Waals surface area contributed by atoms with E-state index in [2.05, 4.69) is 10.2 Å². The summed E-state index contributed by atoms with van der Waals surface area (Å²) in [6, 6.07) is 0.175. The van der Waals surface area contributed by atoms with Gasteiger partial charge in [0.2, 0.25) is 10.0 Å². The normalized spacial score (nSPS) is 30.8. The van der Waals surface area contributed by atoms with E-state index in [0.717, 1.165) is 38.4 Å². The second kappa shape index (κ2) is 5.68. The summed E-state index contributed by atoms with van der Waals surface area (Å²) in [6.45, 7) is 5.33. The maximum Gasteiger partial charge on any atom is 0.215 e. The first-order chi connectivity index (χ1) is 9.13. The molecule has 1 atom stereocenters. The topological polar surface area (TPSA) is 52.7 Å². The molecule has 19 heavy (non-hydrogen) atoms. The molecule has 3 fully saturated rings. The molecular formula is C13H25N3O2S. The monoisotopic (exact) mass is 287 g/mol. The van der Waals surface area contributed by atoms with Crippen molar-refractivity contribution in [2.24, 2.45) is 5.92 Å². The lowest BCUT2D eigenvalue weighted by Crippen LogP contribution is -2.51. The lowest BCUT2D eigenvalue weighted by Gasteiger charge is -2.34. The van der Waals surface area contributed by atoms with Gasteiger partial charge in [0.25, 0.3) is 0 Å². The van der Waals surface area contributed by atoms with Crippen molar-refractivity contribution >= 4 is 10.0 Å². The molecule has 1 N–H and O–H groups in total. The van der Waals surface area contributed by atoms with Gasteiger partial charge in [0.05, 0.1) is 5.75 Å². The second-order valence-corrected chi connectivity index (χ2v) is 8.23. The van der Waals surface area contributed by atoms with Crippen LogP contribution in [0.3, 0.4) is 0 Å². The van der Waals surface area contributed by atoms with Gasteiger partial charge in [-0.05, 0) is 38.1 Å². The van der Waals surface area contributed by atoms with Crippen LogP contribution in [0, 0.1) is 5.92 Å². The van der Waals surface area contributed by atoms with Gasteiger partial charge < -0.3 is 10.2 Å². The van der Waals surface area contributed by atoms with Crippen LogP contribution in [0.2, 0.25) is 0 Å². The minimum atomic E-state index is -3.06. The van der Waals surface area contributed by atoms with Gasteiger partial charge in [0, 0.05) is 38.8 Å². The van der Waals surface area contributed by atoms with E-state index >= 15 is 0 Å². The van der Waals surface area contributed by atoms with Gasteiger partial charge >= 0.3 is 0 Å². The highest BCUT2D eigenvalue weighted by atomic mass is 32.2. The van der Waals surface area contributed by atoms with Crippen LogP contribution in [0.5, 0.6) is 0 Å². The molecular weight excluding hydrogens is 262 g/mol. The summed E-state index contributed by atoms with van der Waals surface area (Å²) in [5, 5.41) is 3.28. The summed E-state index contributed by atoms with van der Waals surface area (Å²) in [4.78, 5) is 2.43. The third-order valence-corrected chi connectivity index (χ3v) is 6.49. The van der Waals surface area contributed by atoms with E-state index in [-0.39, 0.29) is 11.8 Å². The number of sulfonamides is 1. The Hall–Kier alpha value is -0.170. The van der Waals surface area contributed by atoms with Crippen LogP contribution in [0.15, 0.2) is 0 Å². The molecule has 0 aromatic rings. The lowest BCUT2D eigenvalue weighted by atomic mass is 10.3. The molecule has 0 amide bonds. The van der Waals surface area contributed by atoms with Crippen molar-refractivity contribution in [2.75, 3.05) is 45.0 Å². The predicted molar refractivity (Wildman–Crippen MR) is 75.5 cm³/mol. The molecule has 2 saturated heterocycles. The van der Waals surface area contributed by atoms with Crippen LogP contribution in [0.25, 0.3) is 0 Å². The van der Waals surface area contributed by atoms with Gasteiger partial charge in [-0.25, -0.2) is 8.42 Å². The fourth-order valence-corrected chi connectivity index (χ4v) is 4.84. The zero-order valence-corrected chi connectivity index (χ0v) is 12.4. The smallest absolute Gasteiger partial charge is 0.215 e. The summed E-state index contributed by atoms with van der Waals surface area (Å²) < 4.78 is 26.4. The summed E-state index contributed by atoms with van der Waals surface area (Å²) in [6.07, 6.45) is 4.84. The van der Waals surface area contributed by atoms with Crippen LogP contribution in [0.1, 0.15) is 25.7 Å². The number of hydrogen-bond donors (Lipinski definition) is 1. The molecule has 110 valence electrons. The Bertz CT molecular complexity index is 394. The molecule has 0 bridgehead atoms. The summed E-state index contributed by atoms with van der Waals surface area (Å²) in [5.74, 6) is 1.18. The summed E-state index contributed by atoms with van der Waals surface area (Å²) in [5.41, 5.74) is 0. The predicted octanol–water partition coefficient (Wildman–Crippen LogP) is 0.0958. The Morgan fingerprint density at radius 2 is 1.79 bits per heavy atom. The maximum absolute atomic E-state index is 12.4. The van der Waals surface area contributed by atoms with Gasteiger partial charge in [0.1, 0.15) is 0 Å². The number of nitrogens with zero attached hydrogens (tertiary/aromatic N) is 2. The van der Waals surface area contributed by atoms with Gasteiger partial charge in [-0.1, -0.05) is 0 Å². The van der Waals surface area contributed by atoms with Crippen molar-refractivity contribution in [2.45, 2.75) is 31.7 Å². The van der Waals surface area contributed by atoms with Crippen LogP contribution in [-0.4, -0.2) is 68.7 Å². The van der Waals surface area contributed by atoms with Crippen molar-refractivity contribution < 1.29 is 8.42 Å². The van der Waals surface area contributed by atoms with Gasteiger partial charge in [-0.2, -0.15) is 4.31 Å². The first-order valence-electron chi connectivity index (χ1n) is 7.57. The summed E-state index contributed by atoms with van der Waals surface area (Å²) in [7, 11) is -3.06. The maximum atomic E-state index is 12.4. The van der Waals surface area contributed by atoms with E-state index in [1.54, 1.807) is 4.31 Å². The highest BCUT2D eigenvalue weighted by Crippen LogP contribution is 2.30. The SMILES string of the molecule is O=S(=O)(CC1CCCN1)N1CCN(CC2CC2)CC1. The molecule has 1 unspecified atom stereocenters. The van der Waals surface area contributed by atoms with E-state index in [0.29, 0.717) is 13.1 Å². The second-order valence-electron chi connectivity index (χ2n) is 6.21. The zero-order valence-electron chi connectivity index (χ0n) is 11.6. The van der Waals surface area contributed by atoms with E-state index < -0.39 is 10.0 Å². The van der Waals surface area contributed by atoms with E-state index in [1.807, 2.05) is 0 Å². The molecule has 0 aromatic heterocycles. The van der Waals surface area contributed by atoms with Crippen molar-refractivity contribution in [1.29, 1.82) is 0 Å². The quantitative estimate of drug-likeness (QED) is 0.779. The molecule has 0 spiro atoms. The molecule has 1 aliphatic carbocycles. The molecule has 2 aliphatic heterocycles. The number of piperazine rings is 1. The molecule has 0 aromatic carbocycles. The summed E-state index contributed by atoms with van der Waals surface area (Å²) >= 11 is 0. The van der Waals surface area contributed by atoms with Gasteiger partial charge in [-0.15, -0.1) is 0 Å². The fraction of sp³-hybridized carbons (Fsp3) is 1.00. The number of hydrogen-bond acceptors (Lipinski definition) is 4. The molecule has 1 saturated carbocycles. The number of nitrogens with one attached hydrogen (secondary N) is 1. The van der Waals surface area contributed by atoms with Crippen molar-refractivity contribution in [1.82, 2.24) is 14.5 Å². The van der Waals surface area contributed by atoms with Gasteiger partial charge in [-0.3, -0.25) is 0 Å². The first kappa shape index (κ1) is 13.8. The van der Waals surface area contributed by atoms with Crippen LogP contribution < -0.4 is 5.32 Å². The van der Waals surface area contributed by atoms with Crippen LogP contribution >= 0.6 is 0 Å². The molecule has 6 heteroatoms. The minimum absolute atomic E-state index is 0.175. The van der Waals surface area contributed by atoms with E-state index in [9.17, 15) is 8.42 Å². The Morgan fingerprint density at radius 3 is 2.37 bits per heavy atom. The largest absolute Gasteiger partial charge is 0.313 e. The Labute approximate surface area is 116 Å². The Morgan fingerprint density at radius 1 is 1.05 bits per heavy atom. The van der Waals surface area contributed by atoms with Gasteiger partial charge in [0.15, 0.2) is 0 Å².